The lowest BCUT2D eigenvalue weighted by molar-refractivity contribution is -0.136. The summed E-state index contributed by atoms with van der Waals surface area (Å²) in [6, 6.07) is 7.11. The van der Waals surface area contributed by atoms with E-state index in [1.807, 2.05) is 19.1 Å². The number of rotatable bonds is 5. The Hall–Kier alpha value is -1.48. The van der Waals surface area contributed by atoms with Gasteiger partial charge in [0.05, 0.1) is 7.11 Å². The zero-order chi connectivity index (χ0) is 12.7. The van der Waals surface area contributed by atoms with Gasteiger partial charge < -0.3 is 9.47 Å². The second-order valence-electron chi connectivity index (χ2n) is 3.34. The third kappa shape index (κ3) is 4.49. The molecule has 4 heteroatoms. The Bertz CT molecular complexity index is 413. The summed E-state index contributed by atoms with van der Waals surface area (Å²) >= 11 is 5.82. The summed E-state index contributed by atoms with van der Waals surface area (Å²) in [5.41, 5.74) is 0.606. The molecule has 1 aromatic rings. The van der Waals surface area contributed by atoms with E-state index >= 15 is 0 Å². The van der Waals surface area contributed by atoms with E-state index in [1.54, 1.807) is 18.2 Å². The van der Waals surface area contributed by atoms with Gasteiger partial charge in [0.15, 0.2) is 0 Å². The fourth-order valence-electron chi connectivity index (χ4n) is 1.30. The molecule has 0 radical (unpaired) electrons. The number of esters is 1. The van der Waals surface area contributed by atoms with Crippen LogP contribution in [0.3, 0.4) is 0 Å². The van der Waals surface area contributed by atoms with Crippen LogP contribution in [0, 0.1) is 0 Å². The van der Waals surface area contributed by atoms with Gasteiger partial charge in [-0.3, -0.25) is 0 Å². The van der Waals surface area contributed by atoms with Gasteiger partial charge >= 0.3 is 5.97 Å². The predicted molar refractivity (Wildman–Crippen MR) is 67.3 cm³/mol. The summed E-state index contributed by atoms with van der Waals surface area (Å²) in [4.78, 5) is 11.3. The fraction of sp³-hybridized carbons (Fsp3) is 0.308. The molecule has 0 fully saturated rings. The Kier molecular flexibility index (Phi) is 5.57. The molecule has 0 unspecified atom stereocenters. The summed E-state index contributed by atoms with van der Waals surface area (Å²) in [5, 5.41) is 0.621. The number of halogens is 1. The number of carbonyl (C=O) groups is 1. The van der Waals surface area contributed by atoms with E-state index < -0.39 is 0 Å². The minimum Gasteiger partial charge on any atom is -0.489 e. The standard InChI is InChI=1S/C13H15ClO3/c1-3-10(13(15)16-2)7-8-17-12-6-4-5-11(14)9-12/h4-7,9H,3,8H2,1-2H3. The molecule has 0 atom stereocenters. The summed E-state index contributed by atoms with van der Waals surface area (Å²) in [6.07, 6.45) is 2.33. The highest BCUT2D eigenvalue weighted by atomic mass is 35.5. The molecule has 0 spiro atoms. The van der Waals surface area contributed by atoms with Crippen molar-refractivity contribution < 1.29 is 14.3 Å². The van der Waals surface area contributed by atoms with Gasteiger partial charge in [-0.15, -0.1) is 0 Å². The largest absolute Gasteiger partial charge is 0.489 e. The summed E-state index contributed by atoms with van der Waals surface area (Å²) < 4.78 is 10.1. The van der Waals surface area contributed by atoms with Gasteiger partial charge in [-0.25, -0.2) is 4.79 Å². The molecule has 0 aliphatic rings. The van der Waals surface area contributed by atoms with E-state index in [0.717, 1.165) is 0 Å². The molecule has 0 aliphatic heterocycles. The van der Waals surface area contributed by atoms with E-state index in [2.05, 4.69) is 4.74 Å². The van der Waals surface area contributed by atoms with Gasteiger partial charge in [0.25, 0.3) is 0 Å². The molecular weight excluding hydrogens is 240 g/mol. The van der Waals surface area contributed by atoms with Crippen molar-refractivity contribution in [1.82, 2.24) is 0 Å². The monoisotopic (exact) mass is 254 g/mol. The van der Waals surface area contributed by atoms with Crippen molar-refractivity contribution in [3.63, 3.8) is 0 Å². The minimum absolute atomic E-state index is 0.317. The molecule has 0 aromatic heterocycles. The molecule has 1 rings (SSSR count). The summed E-state index contributed by atoms with van der Waals surface area (Å²) in [5.74, 6) is 0.358. The van der Waals surface area contributed by atoms with Gasteiger partial charge in [-0.05, 0) is 30.7 Å². The lowest BCUT2D eigenvalue weighted by Gasteiger charge is -2.05. The van der Waals surface area contributed by atoms with Crippen LogP contribution >= 0.6 is 11.6 Å². The van der Waals surface area contributed by atoms with Crippen LogP contribution in [0.1, 0.15) is 13.3 Å². The average Bonchev–Trinajstić information content (AvgIpc) is 2.34. The Morgan fingerprint density at radius 3 is 2.82 bits per heavy atom. The highest BCUT2D eigenvalue weighted by Crippen LogP contribution is 2.17. The number of hydrogen-bond acceptors (Lipinski definition) is 3. The van der Waals surface area contributed by atoms with E-state index in [1.165, 1.54) is 7.11 Å². The smallest absolute Gasteiger partial charge is 0.333 e. The normalized spacial score (nSPS) is 11.1. The van der Waals surface area contributed by atoms with Gasteiger partial charge in [-0.2, -0.15) is 0 Å². The van der Waals surface area contributed by atoms with Gasteiger partial charge in [-0.1, -0.05) is 24.6 Å². The van der Waals surface area contributed by atoms with E-state index in [0.29, 0.717) is 29.4 Å². The first-order valence-electron chi connectivity index (χ1n) is 5.33. The second kappa shape index (κ2) is 6.97. The molecule has 0 aliphatic carbocycles. The van der Waals surface area contributed by atoms with Crippen LogP contribution in [0.25, 0.3) is 0 Å². The molecule has 0 heterocycles. The van der Waals surface area contributed by atoms with Crippen molar-refractivity contribution in [2.75, 3.05) is 13.7 Å². The van der Waals surface area contributed by atoms with Crippen LogP contribution in [-0.2, 0) is 9.53 Å². The van der Waals surface area contributed by atoms with Crippen LogP contribution in [-0.4, -0.2) is 19.7 Å². The molecule has 92 valence electrons. The van der Waals surface area contributed by atoms with Crippen molar-refractivity contribution in [2.45, 2.75) is 13.3 Å². The number of benzene rings is 1. The fourth-order valence-corrected chi connectivity index (χ4v) is 1.48. The molecular formula is C13H15ClO3. The van der Waals surface area contributed by atoms with Gasteiger partial charge in [0.2, 0.25) is 0 Å². The zero-order valence-electron chi connectivity index (χ0n) is 9.90. The summed E-state index contributed by atoms with van der Waals surface area (Å²) in [6.45, 7) is 2.21. The molecule has 0 saturated heterocycles. The zero-order valence-corrected chi connectivity index (χ0v) is 10.7. The van der Waals surface area contributed by atoms with E-state index in [-0.39, 0.29) is 5.97 Å². The topological polar surface area (TPSA) is 35.5 Å². The quantitative estimate of drug-likeness (QED) is 0.598. The first-order valence-corrected chi connectivity index (χ1v) is 5.71. The molecule has 0 bridgehead atoms. The lowest BCUT2D eigenvalue weighted by Crippen LogP contribution is -2.06. The molecule has 0 N–H and O–H groups in total. The lowest BCUT2D eigenvalue weighted by atomic mass is 10.2. The van der Waals surface area contributed by atoms with Crippen LogP contribution in [0.15, 0.2) is 35.9 Å². The highest BCUT2D eigenvalue weighted by molar-refractivity contribution is 6.30. The second-order valence-corrected chi connectivity index (χ2v) is 3.78. The molecule has 0 saturated carbocycles. The summed E-state index contributed by atoms with van der Waals surface area (Å²) in [7, 11) is 1.36. The maximum Gasteiger partial charge on any atom is 0.333 e. The Balaban J connectivity index is 2.56. The Morgan fingerprint density at radius 2 is 2.24 bits per heavy atom. The Labute approximate surface area is 106 Å². The molecule has 1 aromatic carbocycles. The number of methoxy groups -OCH3 is 1. The van der Waals surface area contributed by atoms with Crippen LogP contribution < -0.4 is 4.74 Å². The van der Waals surface area contributed by atoms with Crippen LogP contribution in [0.2, 0.25) is 5.02 Å². The van der Waals surface area contributed by atoms with Crippen LogP contribution in [0.4, 0.5) is 0 Å². The number of ether oxygens (including phenoxy) is 2. The highest BCUT2D eigenvalue weighted by Gasteiger charge is 2.05. The maximum atomic E-state index is 11.3. The first kappa shape index (κ1) is 13.6. The van der Waals surface area contributed by atoms with Crippen molar-refractivity contribution in [3.8, 4) is 5.75 Å². The van der Waals surface area contributed by atoms with Crippen molar-refractivity contribution >= 4 is 17.6 Å². The van der Waals surface area contributed by atoms with Gasteiger partial charge in [0.1, 0.15) is 12.4 Å². The third-order valence-electron chi connectivity index (χ3n) is 2.20. The molecule has 3 nitrogen and oxygen atoms in total. The molecule has 17 heavy (non-hydrogen) atoms. The SMILES string of the molecule is CCC(=CCOc1cccc(Cl)c1)C(=O)OC. The predicted octanol–water partition coefficient (Wildman–Crippen LogP) is 3.23. The van der Waals surface area contributed by atoms with Crippen LogP contribution in [0.5, 0.6) is 5.75 Å². The first-order chi connectivity index (χ1) is 8.17. The number of carbonyl (C=O) groups excluding carboxylic acids is 1. The number of hydrogen-bond donors (Lipinski definition) is 0. The maximum absolute atomic E-state index is 11.3. The minimum atomic E-state index is -0.317. The van der Waals surface area contributed by atoms with Crippen molar-refractivity contribution in [2.24, 2.45) is 0 Å². The molecule has 0 amide bonds. The van der Waals surface area contributed by atoms with E-state index in [4.69, 9.17) is 16.3 Å². The third-order valence-corrected chi connectivity index (χ3v) is 2.44. The van der Waals surface area contributed by atoms with Crippen molar-refractivity contribution in [3.05, 3.63) is 40.9 Å². The van der Waals surface area contributed by atoms with Crippen molar-refractivity contribution in [1.29, 1.82) is 0 Å². The van der Waals surface area contributed by atoms with Gasteiger partial charge in [0, 0.05) is 10.6 Å². The average molecular weight is 255 g/mol. The van der Waals surface area contributed by atoms with E-state index in [9.17, 15) is 4.79 Å². The Morgan fingerprint density at radius 1 is 1.47 bits per heavy atom.